The smallest absolute Gasteiger partial charge is 0.255 e. The summed E-state index contributed by atoms with van der Waals surface area (Å²) in [7, 11) is -3.25. The van der Waals surface area contributed by atoms with E-state index in [4.69, 9.17) is 0 Å². The molecule has 0 radical (unpaired) electrons. The summed E-state index contributed by atoms with van der Waals surface area (Å²) in [4.78, 5) is 12.5. The number of benzene rings is 2. The number of hydrogen-bond donors (Lipinski definition) is 1. The summed E-state index contributed by atoms with van der Waals surface area (Å²) in [6.07, 6.45) is 1.51. The van der Waals surface area contributed by atoms with Crippen LogP contribution in [0.15, 0.2) is 48.5 Å². The first kappa shape index (κ1) is 16.5. The van der Waals surface area contributed by atoms with Crippen molar-refractivity contribution in [2.45, 2.75) is 19.8 Å². The number of amides is 1. The molecule has 0 spiro atoms. The Kier molecular flexibility index (Phi) is 4.57. The summed E-state index contributed by atoms with van der Waals surface area (Å²) < 4.78 is 25.4. The Morgan fingerprint density at radius 2 is 1.96 bits per heavy atom. The van der Waals surface area contributed by atoms with Crippen molar-refractivity contribution in [2.75, 3.05) is 21.9 Å². The number of nitrogens with zero attached hydrogens (tertiary/aromatic N) is 1. The van der Waals surface area contributed by atoms with Crippen LogP contribution in [-0.2, 0) is 16.4 Å². The number of rotatable bonds is 4. The number of carbonyl (C=O) groups is 1. The molecule has 6 heteroatoms. The van der Waals surface area contributed by atoms with Crippen molar-refractivity contribution in [3.05, 3.63) is 59.7 Å². The van der Waals surface area contributed by atoms with Gasteiger partial charge in [-0.05, 0) is 48.7 Å². The lowest BCUT2D eigenvalue weighted by molar-refractivity contribution is 0.102. The van der Waals surface area contributed by atoms with Crippen LogP contribution < -0.4 is 9.62 Å². The van der Waals surface area contributed by atoms with E-state index in [1.165, 1.54) is 4.31 Å². The molecule has 5 nitrogen and oxygen atoms in total. The first-order valence-corrected chi connectivity index (χ1v) is 9.61. The first-order valence-electron chi connectivity index (χ1n) is 8.00. The minimum absolute atomic E-state index is 0.160. The fraction of sp³-hybridized carbons (Fsp3) is 0.278. The SMILES string of the molecule is CCc1cccc(NC(=O)c2cccc(N3CCCS3(=O)=O)c2)c1. The number of carbonyl (C=O) groups excluding carboxylic acids is 1. The topological polar surface area (TPSA) is 66.5 Å². The van der Waals surface area contributed by atoms with Crippen LogP contribution in [0.2, 0.25) is 0 Å². The van der Waals surface area contributed by atoms with Crippen LogP contribution in [0.1, 0.15) is 29.3 Å². The van der Waals surface area contributed by atoms with Crippen LogP contribution in [0.3, 0.4) is 0 Å². The molecule has 2 aromatic rings. The third kappa shape index (κ3) is 3.43. The van der Waals surface area contributed by atoms with Crippen LogP contribution in [0.25, 0.3) is 0 Å². The van der Waals surface area contributed by atoms with Gasteiger partial charge in [-0.2, -0.15) is 0 Å². The van der Waals surface area contributed by atoms with Gasteiger partial charge in [0.1, 0.15) is 0 Å². The van der Waals surface area contributed by atoms with E-state index in [0.29, 0.717) is 24.2 Å². The van der Waals surface area contributed by atoms with Crippen molar-refractivity contribution in [1.82, 2.24) is 0 Å². The Morgan fingerprint density at radius 3 is 2.67 bits per heavy atom. The van der Waals surface area contributed by atoms with Gasteiger partial charge in [0.2, 0.25) is 10.0 Å². The van der Waals surface area contributed by atoms with Gasteiger partial charge in [0.05, 0.1) is 11.4 Å². The third-order valence-electron chi connectivity index (χ3n) is 4.09. The Labute approximate surface area is 142 Å². The Morgan fingerprint density at radius 1 is 1.17 bits per heavy atom. The zero-order chi connectivity index (χ0) is 17.2. The molecular formula is C18H20N2O3S. The largest absolute Gasteiger partial charge is 0.322 e. The molecule has 0 bridgehead atoms. The van der Waals surface area contributed by atoms with Crippen LogP contribution >= 0.6 is 0 Å². The van der Waals surface area contributed by atoms with E-state index in [0.717, 1.165) is 17.7 Å². The summed E-state index contributed by atoms with van der Waals surface area (Å²) in [6, 6.07) is 14.4. The average molecular weight is 344 g/mol. The Hall–Kier alpha value is -2.34. The highest BCUT2D eigenvalue weighted by Gasteiger charge is 2.28. The monoisotopic (exact) mass is 344 g/mol. The highest BCUT2D eigenvalue weighted by atomic mass is 32.2. The van der Waals surface area contributed by atoms with Gasteiger partial charge in [-0.25, -0.2) is 8.42 Å². The van der Waals surface area contributed by atoms with E-state index in [-0.39, 0.29) is 11.7 Å². The number of sulfonamides is 1. The van der Waals surface area contributed by atoms with Crippen molar-refractivity contribution in [2.24, 2.45) is 0 Å². The minimum atomic E-state index is -3.25. The lowest BCUT2D eigenvalue weighted by Crippen LogP contribution is -2.25. The molecule has 1 heterocycles. The van der Waals surface area contributed by atoms with Gasteiger partial charge < -0.3 is 5.32 Å². The van der Waals surface area contributed by atoms with Crippen molar-refractivity contribution < 1.29 is 13.2 Å². The van der Waals surface area contributed by atoms with Gasteiger partial charge in [-0.1, -0.05) is 25.1 Å². The van der Waals surface area contributed by atoms with E-state index in [1.54, 1.807) is 24.3 Å². The molecule has 0 aromatic heterocycles. The molecule has 1 fully saturated rings. The summed E-state index contributed by atoms with van der Waals surface area (Å²) in [5, 5.41) is 2.86. The van der Waals surface area contributed by atoms with Crippen LogP contribution in [0, 0.1) is 0 Å². The summed E-state index contributed by atoms with van der Waals surface area (Å²) >= 11 is 0. The zero-order valence-corrected chi connectivity index (χ0v) is 14.3. The molecule has 0 unspecified atom stereocenters. The number of hydrogen-bond acceptors (Lipinski definition) is 3. The Bertz CT molecular complexity index is 862. The number of aryl methyl sites for hydroxylation is 1. The molecule has 1 aliphatic rings. The molecular weight excluding hydrogens is 324 g/mol. The summed E-state index contributed by atoms with van der Waals surface area (Å²) in [5.41, 5.74) is 2.86. The van der Waals surface area contributed by atoms with Gasteiger partial charge in [0.25, 0.3) is 5.91 Å². The van der Waals surface area contributed by atoms with Crippen molar-refractivity contribution in [1.29, 1.82) is 0 Å². The molecule has 1 saturated heterocycles. The zero-order valence-electron chi connectivity index (χ0n) is 13.5. The first-order chi connectivity index (χ1) is 11.5. The molecule has 126 valence electrons. The molecule has 1 aliphatic heterocycles. The van der Waals surface area contributed by atoms with E-state index in [1.807, 2.05) is 24.3 Å². The maximum absolute atomic E-state index is 12.5. The minimum Gasteiger partial charge on any atom is -0.322 e. The van der Waals surface area contributed by atoms with Gasteiger partial charge in [0.15, 0.2) is 0 Å². The summed E-state index contributed by atoms with van der Waals surface area (Å²) in [5.74, 6) is -0.0885. The van der Waals surface area contributed by atoms with Gasteiger partial charge >= 0.3 is 0 Å². The maximum atomic E-state index is 12.5. The molecule has 1 amide bonds. The second kappa shape index (κ2) is 6.65. The van der Waals surface area contributed by atoms with Crippen molar-refractivity contribution in [3.63, 3.8) is 0 Å². The lowest BCUT2D eigenvalue weighted by Gasteiger charge is -2.17. The van der Waals surface area contributed by atoms with Gasteiger partial charge in [-0.3, -0.25) is 9.10 Å². The predicted molar refractivity (Wildman–Crippen MR) is 96.0 cm³/mol. The average Bonchev–Trinajstić information content (AvgIpc) is 2.94. The highest BCUT2D eigenvalue weighted by Crippen LogP contribution is 2.25. The third-order valence-corrected chi connectivity index (χ3v) is 5.96. The van der Waals surface area contributed by atoms with Crippen LogP contribution in [-0.4, -0.2) is 26.6 Å². The fourth-order valence-corrected chi connectivity index (χ4v) is 4.36. The molecule has 3 rings (SSSR count). The standard InChI is InChI=1S/C18H20N2O3S/c1-2-14-6-3-8-16(12-14)19-18(21)15-7-4-9-17(13-15)20-10-5-11-24(20,22)23/h3-4,6-9,12-13H,2,5,10-11H2,1H3,(H,19,21). The second-order valence-electron chi connectivity index (χ2n) is 5.80. The number of nitrogens with one attached hydrogen (secondary N) is 1. The molecule has 0 aliphatic carbocycles. The van der Waals surface area contributed by atoms with E-state index in [9.17, 15) is 13.2 Å². The molecule has 2 aromatic carbocycles. The van der Waals surface area contributed by atoms with Crippen LogP contribution in [0.4, 0.5) is 11.4 Å². The molecule has 1 N–H and O–H groups in total. The van der Waals surface area contributed by atoms with Crippen molar-refractivity contribution >= 4 is 27.3 Å². The Balaban J connectivity index is 1.82. The highest BCUT2D eigenvalue weighted by molar-refractivity contribution is 7.93. The maximum Gasteiger partial charge on any atom is 0.255 e. The van der Waals surface area contributed by atoms with Crippen molar-refractivity contribution in [3.8, 4) is 0 Å². The second-order valence-corrected chi connectivity index (χ2v) is 7.81. The van der Waals surface area contributed by atoms with Gasteiger partial charge in [0, 0.05) is 17.8 Å². The molecule has 0 atom stereocenters. The predicted octanol–water partition coefficient (Wildman–Crippen LogP) is 3.04. The summed E-state index contributed by atoms with van der Waals surface area (Å²) in [6.45, 7) is 2.52. The van der Waals surface area contributed by atoms with Gasteiger partial charge in [-0.15, -0.1) is 0 Å². The van der Waals surface area contributed by atoms with E-state index < -0.39 is 10.0 Å². The fourth-order valence-electron chi connectivity index (χ4n) is 2.80. The van der Waals surface area contributed by atoms with E-state index in [2.05, 4.69) is 12.2 Å². The lowest BCUT2D eigenvalue weighted by atomic mass is 10.1. The van der Waals surface area contributed by atoms with Crippen LogP contribution in [0.5, 0.6) is 0 Å². The quantitative estimate of drug-likeness (QED) is 0.927. The molecule has 24 heavy (non-hydrogen) atoms. The normalized spacial score (nSPS) is 16.1. The number of anilines is 2. The van der Waals surface area contributed by atoms with E-state index >= 15 is 0 Å². The molecule has 0 saturated carbocycles.